The van der Waals surface area contributed by atoms with E-state index in [9.17, 15) is 14.0 Å². The number of hydrogen-bond acceptors (Lipinski definition) is 4. The number of hydrogen-bond donors (Lipinski definition) is 1. The molecule has 3 aromatic rings. The molecule has 0 aliphatic heterocycles. The molecule has 1 amide bonds. The zero-order chi connectivity index (χ0) is 21.3. The predicted octanol–water partition coefficient (Wildman–Crippen LogP) is 3.99. The number of aryl methyl sites for hydroxylation is 1. The summed E-state index contributed by atoms with van der Waals surface area (Å²) in [6, 6.07) is 13.3. The van der Waals surface area contributed by atoms with Gasteiger partial charge in [0.05, 0.1) is 5.69 Å². The quantitative estimate of drug-likeness (QED) is 0.649. The van der Waals surface area contributed by atoms with Crippen LogP contribution in [0.4, 0.5) is 10.1 Å². The maximum atomic E-state index is 13.3. The van der Waals surface area contributed by atoms with Crippen molar-refractivity contribution in [3.8, 4) is 5.69 Å². The number of aromatic nitrogens is 2. The van der Waals surface area contributed by atoms with Crippen LogP contribution in [-0.2, 0) is 22.4 Å². The van der Waals surface area contributed by atoms with Gasteiger partial charge in [0.15, 0.2) is 11.8 Å². The van der Waals surface area contributed by atoms with E-state index in [1.807, 2.05) is 25.1 Å². The highest BCUT2D eigenvalue weighted by molar-refractivity contribution is 5.97. The SMILES string of the molecule is Cc1cccc(NC(=O)C(C)OC(=O)c2nn(-c3ccc(F)cc3)c3c2CCC3)c1. The lowest BCUT2D eigenvalue weighted by molar-refractivity contribution is -0.123. The molecule has 0 spiro atoms. The molecular formula is C23H22FN3O3. The molecule has 1 aliphatic carbocycles. The van der Waals surface area contributed by atoms with Gasteiger partial charge >= 0.3 is 5.97 Å². The number of ether oxygens (including phenoxy) is 1. The molecule has 1 N–H and O–H groups in total. The number of carbonyl (C=O) groups is 2. The Morgan fingerprint density at radius 2 is 1.93 bits per heavy atom. The normalized spacial score (nSPS) is 13.6. The number of fused-ring (bicyclic) bond motifs is 1. The molecule has 0 bridgehead atoms. The molecule has 0 saturated carbocycles. The van der Waals surface area contributed by atoms with Crippen LogP contribution in [0.3, 0.4) is 0 Å². The van der Waals surface area contributed by atoms with Crippen molar-refractivity contribution in [2.24, 2.45) is 0 Å². The minimum atomic E-state index is -0.981. The molecule has 4 rings (SSSR count). The van der Waals surface area contributed by atoms with Crippen molar-refractivity contribution in [2.75, 3.05) is 5.32 Å². The van der Waals surface area contributed by atoms with Crippen molar-refractivity contribution in [2.45, 2.75) is 39.2 Å². The second-order valence-corrected chi connectivity index (χ2v) is 7.42. The van der Waals surface area contributed by atoms with Gasteiger partial charge in [-0.15, -0.1) is 0 Å². The van der Waals surface area contributed by atoms with Crippen LogP contribution in [-0.4, -0.2) is 27.8 Å². The average molecular weight is 407 g/mol. The molecule has 1 unspecified atom stereocenters. The van der Waals surface area contributed by atoms with Crippen LogP contribution in [0.15, 0.2) is 48.5 Å². The molecule has 30 heavy (non-hydrogen) atoms. The van der Waals surface area contributed by atoms with E-state index in [0.29, 0.717) is 17.8 Å². The molecule has 1 aromatic heterocycles. The van der Waals surface area contributed by atoms with E-state index >= 15 is 0 Å². The molecule has 0 radical (unpaired) electrons. The smallest absolute Gasteiger partial charge is 0.359 e. The standard InChI is InChI=1S/C23H22FN3O3/c1-14-5-3-6-17(13-14)25-22(28)15(2)30-23(29)21-19-7-4-8-20(19)27(26-21)18-11-9-16(24)10-12-18/h3,5-6,9-13,15H,4,7-8H2,1-2H3,(H,25,28). The minimum Gasteiger partial charge on any atom is -0.448 e. The second kappa shape index (κ2) is 8.10. The number of halogens is 1. The Morgan fingerprint density at radius 1 is 1.17 bits per heavy atom. The van der Waals surface area contributed by atoms with Crippen molar-refractivity contribution in [3.63, 3.8) is 0 Å². The van der Waals surface area contributed by atoms with Gasteiger partial charge in [-0.1, -0.05) is 12.1 Å². The minimum absolute atomic E-state index is 0.210. The maximum Gasteiger partial charge on any atom is 0.359 e. The van der Waals surface area contributed by atoms with Gasteiger partial charge < -0.3 is 10.1 Å². The summed E-state index contributed by atoms with van der Waals surface area (Å²) >= 11 is 0. The maximum absolute atomic E-state index is 13.3. The number of rotatable bonds is 5. The van der Waals surface area contributed by atoms with Crippen LogP contribution in [0.5, 0.6) is 0 Å². The highest BCUT2D eigenvalue weighted by Gasteiger charge is 2.29. The van der Waals surface area contributed by atoms with Crippen molar-refractivity contribution >= 4 is 17.6 Å². The third-order valence-corrected chi connectivity index (χ3v) is 5.13. The molecule has 154 valence electrons. The van der Waals surface area contributed by atoms with E-state index in [2.05, 4.69) is 10.4 Å². The summed E-state index contributed by atoms with van der Waals surface area (Å²) in [4.78, 5) is 25.2. The highest BCUT2D eigenvalue weighted by Crippen LogP contribution is 2.28. The number of anilines is 1. The molecule has 2 aromatic carbocycles. The van der Waals surface area contributed by atoms with E-state index in [-0.39, 0.29) is 11.5 Å². The van der Waals surface area contributed by atoms with E-state index in [1.165, 1.54) is 19.1 Å². The van der Waals surface area contributed by atoms with Crippen LogP contribution >= 0.6 is 0 Å². The number of benzene rings is 2. The Labute approximate surface area is 173 Å². The molecular weight excluding hydrogens is 385 g/mol. The van der Waals surface area contributed by atoms with Crippen molar-refractivity contribution in [1.29, 1.82) is 0 Å². The van der Waals surface area contributed by atoms with E-state index in [0.717, 1.165) is 29.7 Å². The van der Waals surface area contributed by atoms with Gasteiger partial charge in [-0.25, -0.2) is 13.9 Å². The summed E-state index contributed by atoms with van der Waals surface area (Å²) < 4.78 is 20.3. The van der Waals surface area contributed by atoms with E-state index in [4.69, 9.17) is 4.74 Å². The molecule has 0 fully saturated rings. The summed E-state index contributed by atoms with van der Waals surface area (Å²) in [5.41, 5.74) is 4.30. The zero-order valence-electron chi connectivity index (χ0n) is 16.8. The van der Waals surface area contributed by atoms with E-state index < -0.39 is 18.0 Å². The Morgan fingerprint density at radius 3 is 2.67 bits per heavy atom. The van der Waals surface area contributed by atoms with Crippen molar-refractivity contribution < 1.29 is 18.7 Å². The van der Waals surface area contributed by atoms with Crippen LogP contribution in [0.2, 0.25) is 0 Å². The third kappa shape index (κ3) is 3.96. The predicted molar refractivity (Wildman–Crippen MR) is 110 cm³/mol. The monoisotopic (exact) mass is 407 g/mol. The Balaban J connectivity index is 1.51. The number of nitrogens with zero attached hydrogens (tertiary/aromatic N) is 2. The van der Waals surface area contributed by atoms with E-state index in [1.54, 1.807) is 22.9 Å². The molecule has 1 atom stereocenters. The Bertz CT molecular complexity index is 1110. The van der Waals surface area contributed by atoms with Gasteiger partial charge in [0.2, 0.25) is 0 Å². The number of amides is 1. The fraction of sp³-hybridized carbons (Fsp3) is 0.261. The first-order chi connectivity index (χ1) is 14.4. The fourth-order valence-electron chi connectivity index (χ4n) is 3.63. The Hall–Kier alpha value is -3.48. The first-order valence-electron chi connectivity index (χ1n) is 9.87. The molecule has 0 saturated heterocycles. The average Bonchev–Trinajstić information content (AvgIpc) is 3.31. The summed E-state index contributed by atoms with van der Waals surface area (Å²) in [7, 11) is 0. The summed E-state index contributed by atoms with van der Waals surface area (Å²) in [5, 5.41) is 7.18. The van der Waals surface area contributed by atoms with Crippen molar-refractivity contribution in [3.05, 3.63) is 76.9 Å². The van der Waals surface area contributed by atoms with Gasteiger partial charge in [-0.2, -0.15) is 5.10 Å². The van der Waals surface area contributed by atoms with Crippen LogP contribution in [0.25, 0.3) is 5.69 Å². The van der Waals surface area contributed by atoms with Gasteiger partial charge in [-0.05, 0) is 75.1 Å². The van der Waals surface area contributed by atoms with Crippen LogP contribution < -0.4 is 5.32 Å². The first kappa shape index (κ1) is 19.8. The molecule has 7 heteroatoms. The summed E-state index contributed by atoms with van der Waals surface area (Å²) in [5.74, 6) is -1.39. The third-order valence-electron chi connectivity index (χ3n) is 5.13. The molecule has 1 heterocycles. The lowest BCUT2D eigenvalue weighted by Crippen LogP contribution is -2.30. The van der Waals surface area contributed by atoms with Gasteiger partial charge in [0, 0.05) is 16.9 Å². The first-order valence-corrected chi connectivity index (χ1v) is 9.87. The topological polar surface area (TPSA) is 73.2 Å². The van der Waals surface area contributed by atoms with Gasteiger partial charge in [0.1, 0.15) is 5.82 Å². The zero-order valence-corrected chi connectivity index (χ0v) is 16.8. The van der Waals surface area contributed by atoms with Crippen LogP contribution in [0.1, 0.15) is 40.7 Å². The van der Waals surface area contributed by atoms with Crippen LogP contribution in [0, 0.1) is 12.7 Å². The number of esters is 1. The summed E-state index contributed by atoms with van der Waals surface area (Å²) in [6.07, 6.45) is 1.41. The number of nitrogens with one attached hydrogen (secondary N) is 1. The van der Waals surface area contributed by atoms with Crippen molar-refractivity contribution in [1.82, 2.24) is 9.78 Å². The van der Waals surface area contributed by atoms with Gasteiger partial charge in [-0.3, -0.25) is 4.79 Å². The molecule has 1 aliphatic rings. The lowest BCUT2D eigenvalue weighted by atomic mass is 10.2. The number of carbonyl (C=O) groups excluding carboxylic acids is 2. The second-order valence-electron chi connectivity index (χ2n) is 7.42. The summed E-state index contributed by atoms with van der Waals surface area (Å²) in [6.45, 7) is 3.46. The Kier molecular flexibility index (Phi) is 5.35. The highest BCUT2D eigenvalue weighted by atomic mass is 19.1. The fourth-order valence-corrected chi connectivity index (χ4v) is 3.63. The molecule has 6 nitrogen and oxygen atoms in total. The van der Waals surface area contributed by atoms with Gasteiger partial charge in [0.25, 0.3) is 5.91 Å². The largest absolute Gasteiger partial charge is 0.448 e. The lowest BCUT2D eigenvalue weighted by Gasteiger charge is -2.13.